The molecule has 0 radical (unpaired) electrons. The Hall–Kier alpha value is -2.00. The lowest BCUT2D eigenvalue weighted by Gasteiger charge is -2.33. The highest BCUT2D eigenvalue weighted by molar-refractivity contribution is 9.10. The summed E-state index contributed by atoms with van der Waals surface area (Å²) in [7, 11) is 2.11. The second-order valence-electron chi connectivity index (χ2n) is 6.72. The van der Waals surface area contributed by atoms with E-state index in [0.29, 0.717) is 10.0 Å². The van der Waals surface area contributed by atoms with Gasteiger partial charge in [-0.3, -0.25) is 4.99 Å². The molecule has 1 saturated heterocycles. The number of carbonyl (C=O) groups is 1. The number of benzene rings is 1. The minimum atomic E-state index is -0.584. The molecule has 0 amide bonds. The van der Waals surface area contributed by atoms with Crippen LogP contribution in [0.2, 0.25) is 5.82 Å². The lowest BCUT2D eigenvalue weighted by atomic mass is 9.80. The number of allylic oxidation sites excluding steroid dienone is 1. The number of fused-ring (bicyclic) bond motifs is 1. The van der Waals surface area contributed by atoms with Crippen molar-refractivity contribution in [1.82, 2.24) is 9.88 Å². The average Bonchev–Trinajstić information content (AvgIpc) is 3.31. The monoisotopic (exact) mass is 461 g/mol. The Morgan fingerprint density at radius 1 is 1.50 bits per heavy atom. The van der Waals surface area contributed by atoms with Gasteiger partial charge in [0.05, 0.1) is 12.2 Å². The van der Waals surface area contributed by atoms with E-state index in [0.717, 1.165) is 35.1 Å². The van der Waals surface area contributed by atoms with Crippen LogP contribution < -0.4 is 0 Å². The van der Waals surface area contributed by atoms with Crippen molar-refractivity contribution in [3.8, 4) is 0 Å². The van der Waals surface area contributed by atoms with E-state index >= 15 is 0 Å². The maximum absolute atomic E-state index is 13.7. The van der Waals surface area contributed by atoms with Gasteiger partial charge < -0.3 is 9.64 Å². The maximum Gasteiger partial charge on any atom is 0.338 e. The molecule has 0 saturated carbocycles. The Morgan fingerprint density at radius 3 is 3.00 bits per heavy atom. The van der Waals surface area contributed by atoms with Crippen molar-refractivity contribution in [2.24, 2.45) is 4.99 Å². The van der Waals surface area contributed by atoms with Crippen molar-refractivity contribution < 1.29 is 13.9 Å². The van der Waals surface area contributed by atoms with Crippen molar-refractivity contribution in [3.05, 3.63) is 61.9 Å². The normalized spacial score (nSPS) is 21.5. The zero-order valence-corrected chi connectivity index (χ0v) is 17.9. The topological polar surface area (TPSA) is 54.8 Å². The highest BCUT2D eigenvalue weighted by Gasteiger charge is 2.42. The summed E-state index contributed by atoms with van der Waals surface area (Å²) in [4.78, 5) is 24.4. The predicted octanol–water partition coefficient (Wildman–Crippen LogP) is 3.49. The standard InChI is InChI=1S/C19H18BBrFN3O2S/c1-2-27-19(26)14-15(11-4-3-10(22)9-13(11)21)24-17(18-23-6-8-28-18)25-7-5-12(20)16(14)25/h3-4,6,8-9,12,15H,2,5,7,20H2,1H3/t12-,15-/m0/s1. The first-order valence-corrected chi connectivity index (χ1v) is 10.8. The fourth-order valence-electron chi connectivity index (χ4n) is 3.75. The molecule has 2 aliphatic heterocycles. The Bertz CT molecular complexity index is 980. The van der Waals surface area contributed by atoms with Crippen LogP contribution >= 0.6 is 27.3 Å². The number of ether oxygens (including phenoxy) is 1. The van der Waals surface area contributed by atoms with Crippen LogP contribution in [0.4, 0.5) is 4.39 Å². The van der Waals surface area contributed by atoms with Crippen LogP contribution in [0, 0.1) is 5.82 Å². The van der Waals surface area contributed by atoms with Crippen molar-refractivity contribution in [2.45, 2.75) is 25.2 Å². The number of nitrogens with zero attached hydrogens (tertiary/aromatic N) is 3. The number of amidine groups is 1. The summed E-state index contributed by atoms with van der Waals surface area (Å²) in [5.41, 5.74) is 2.18. The van der Waals surface area contributed by atoms with Crippen LogP contribution in [0.25, 0.3) is 0 Å². The van der Waals surface area contributed by atoms with Crippen molar-refractivity contribution >= 4 is 46.9 Å². The Kier molecular flexibility index (Phi) is 5.38. The molecular weight excluding hydrogens is 444 g/mol. The molecular formula is C19H18BBrFN3O2S. The third-order valence-electron chi connectivity index (χ3n) is 4.98. The Balaban J connectivity index is 1.93. The van der Waals surface area contributed by atoms with Crippen LogP contribution in [0.5, 0.6) is 0 Å². The van der Waals surface area contributed by atoms with E-state index in [4.69, 9.17) is 9.73 Å². The van der Waals surface area contributed by atoms with Gasteiger partial charge in [-0.2, -0.15) is 0 Å². The minimum absolute atomic E-state index is 0.187. The summed E-state index contributed by atoms with van der Waals surface area (Å²) < 4.78 is 19.6. The van der Waals surface area contributed by atoms with E-state index in [1.807, 2.05) is 5.38 Å². The van der Waals surface area contributed by atoms with Gasteiger partial charge >= 0.3 is 5.97 Å². The first kappa shape index (κ1) is 19.3. The molecule has 5 nitrogen and oxygen atoms in total. The van der Waals surface area contributed by atoms with Crippen molar-refractivity contribution in [2.75, 3.05) is 13.2 Å². The first-order valence-electron chi connectivity index (χ1n) is 9.12. The van der Waals surface area contributed by atoms with Crippen LogP contribution in [-0.2, 0) is 9.53 Å². The van der Waals surface area contributed by atoms with Gasteiger partial charge in [-0.25, -0.2) is 14.2 Å². The minimum Gasteiger partial charge on any atom is -0.463 e. The van der Waals surface area contributed by atoms with Crippen molar-refractivity contribution in [1.29, 1.82) is 0 Å². The molecule has 0 bridgehead atoms. The van der Waals surface area contributed by atoms with Crippen LogP contribution in [0.1, 0.15) is 30.0 Å². The maximum atomic E-state index is 13.7. The molecule has 1 aromatic heterocycles. The highest BCUT2D eigenvalue weighted by Crippen LogP contribution is 2.45. The van der Waals surface area contributed by atoms with Gasteiger partial charge in [-0.15, -0.1) is 11.3 Å². The highest BCUT2D eigenvalue weighted by atomic mass is 79.9. The first-order chi connectivity index (χ1) is 13.5. The molecule has 1 fully saturated rings. The van der Waals surface area contributed by atoms with Crippen LogP contribution in [-0.4, -0.2) is 42.7 Å². The summed E-state index contributed by atoms with van der Waals surface area (Å²) >= 11 is 4.95. The summed E-state index contributed by atoms with van der Waals surface area (Å²) in [6, 6.07) is 3.87. The molecule has 4 rings (SSSR count). The number of thiazole rings is 1. The third kappa shape index (κ3) is 3.30. The fourth-order valence-corrected chi connectivity index (χ4v) is 4.96. The Labute approximate surface area is 175 Å². The van der Waals surface area contributed by atoms with Gasteiger partial charge in [0.1, 0.15) is 19.7 Å². The Morgan fingerprint density at radius 2 is 2.32 bits per heavy atom. The molecule has 28 heavy (non-hydrogen) atoms. The smallest absolute Gasteiger partial charge is 0.338 e. The molecule has 9 heteroatoms. The number of aromatic nitrogens is 1. The second kappa shape index (κ2) is 7.79. The SMILES string of the molecule is B[C@H]1CCN2C(c3nccs3)=N[C@@H](c3ccc(F)cc3Br)C(C(=O)OCC)=C12. The van der Waals surface area contributed by atoms with Crippen molar-refractivity contribution in [3.63, 3.8) is 0 Å². The van der Waals surface area contributed by atoms with Gasteiger partial charge in [0.2, 0.25) is 0 Å². The summed E-state index contributed by atoms with van der Waals surface area (Å²) in [5.74, 6) is 0.214. The molecule has 0 aliphatic carbocycles. The van der Waals surface area contributed by atoms with Gasteiger partial charge in [0.15, 0.2) is 10.8 Å². The number of rotatable bonds is 4. The van der Waals surface area contributed by atoms with E-state index in [-0.39, 0.29) is 24.2 Å². The number of esters is 1. The molecule has 144 valence electrons. The largest absolute Gasteiger partial charge is 0.463 e. The third-order valence-corrected chi connectivity index (χ3v) is 6.43. The van der Waals surface area contributed by atoms with Gasteiger partial charge in [-0.1, -0.05) is 22.0 Å². The van der Waals surface area contributed by atoms with Gasteiger partial charge in [0, 0.05) is 28.3 Å². The quantitative estimate of drug-likeness (QED) is 0.516. The number of hydrogen-bond acceptors (Lipinski definition) is 6. The summed E-state index contributed by atoms with van der Waals surface area (Å²) in [6.07, 6.45) is 2.66. The fraction of sp³-hybridized carbons (Fsp3) is 0.316. The van der Waals surface area contributed by atoms with Gasteiger partial charge in [-0.05, 0) is 36.9 Å². The molecule has 2 aliphatic rings. The molecule has 0 spiro atoms. The summed E-state index contributed by atoms with van der Waals surface area (Å²) in [6.45, 7) is 2.84. The lowest BCUT2D eigenvalue weighted by Crippen LogP contribution is -2.35. The van der Waals surface area contributed by atoms with E-state index in [9.17, 15) is 9.18 Å². The van der Waals surface area contributed by atoms with E-state index in [1.165, 1.54) is 23.5 Å². The van der Waals surface area contributed by atoms with E-state index in [2.05, 4.69) is 33.7 Å². The molecule has 2 aromatic rings. The lowest BCUT2D eigenvalue weighted by molar-refractivity contribution is -0.139. The molecule has 3 heterocycles. The van der Waals surface area contributed by atoms with E-state index < -0.39 is 6.04 Å². The molecule has 0 N–H and O–H groups in total. The molecule has 1 aromatic carbocycles. The second-order valence-corrected chi connectivity index (χ2v) is 8.47. The van der Waals surface area contributed by atoms with Gasteiger partial charge in [0.25, 0.3) is 0 Å². The predicted molar refractivity (Wildman–Crippen MR) is 113 cm³/mol. The van der Waals surface area contributed by atoms with E-state index in [1.54, 1.807) is 19.2 Å². The number of halogens is 2. The molecule has 0 unspecified atom stereocenters. The summed E-state index contributed by atoms with van der Waals surface area (Å²) in [5, 5.41) is 2.71. The number of carbonyl (C=O) groups excluding carboxylic acids is 1. The zero-order valence-electron chi connectivity index (χ0n) is 15.5. The average molecular weight is 462 g/mol. The number of aliphatic imine (C=N–C) groups is 1. The zero-order chi connectivity index (χ0) is 19.8. The molecule has 2 atom stereocenters. The van der Waals surface area contributed by atoms with Crippen LogP contribution in [0.3, 0.4) is 0 Å². The number of hydrogen-bond donors (Lipinski definition) is 0. The van der Waals surface area contributed by atoms with Crippen LogP contribution in [0.15, 0.2) is 50.5 Å².